The number of fused-ring (bicyclic) bond motifs is 1. The van der Waals surface area contributed by atoms with Crippen LogP contribution in [0, 0.1) is 5.92 Å². The number of nitrogens with zero attached hydrogens (tertiary/aromatic N) is 2. The van der Waals surface area contributed by atoms with Gasteiger partial charge in [0.25, 0.3) is 0 Å². The zero-order chi connectivity index (χ0) is 28.8. The molecule has 1 aromatic rings. The molecule has 10 heteroatoms. The summed E-state index contributed by atoms with van der Waals surface area (Å²) in [6, 6.07) is 2.65. The van der Waals surface area contributed by atoms with Crippen molar-refractivity contribution in [2.45, 2.75) is 45.1 Å². The first-order valence-electron chi connectivity index (χ1n) is 14.3. The molecule has 3 aliphatic heterocycles. The van der Waals surface area contributed by atoms with Gasteiger partial charge in [-0.25, -0.2) is 14.5 Å². The van der Waals surface area contributed by atoms with Crippen LogP contribution >= 0.6 is 0 Å². The molecule has 2 atom stereocenters. The molecule has 1 aromatic carbocycles. The summed E-state index contributed by atoms with van der Waals surface area (Å²) >= 11 is 0. The Balaban J connectivity index is 1.19. The lowest BCUT2D eigenvalue weighted by atomic mass is 9.90. The molecule has 10 nitrogen and oxygen atoms in total. The Bertz CT molecular complexity index is 1300. The summed E-state index contributed by atoms with van der Waals surface area (Å²) in [6.07, 6.45) is 14.8. The van der Waals surface area contributed by atoms with Crippen molar-refractivity contribution in [3.05, 3.63) is 70.5 Å². The van der Waals surface area contributed by atoms with E-state index in [1.807, 2.05) is 0 Å². The van der Waals surface area contributed by atoms with E-state index in [4.69, 9.17) is 9.47 Å². The van der Waals surface area contributed by atoms with Gasteiger partial charge in [-0.2, -0.15) is 0 Å². The van der Waals surface area contributed by atoms with Gasteiger partial charge in [0, 0.05) is 12.1 Å². The zero-order valence-electron chi connectivity index (χ0n) is 23.4. The number of aliphatic hydroxyl groups is 1. The number of hydrogen-bond donors (Lipinski definition) is 3. The molecule has 41 heavy (non-hydrogen) atoms. The van der Waals surface area contributed by atoms with Gasteiger partial charge in [-0.1, -0.05) is 35.9 Å². The normalized spacial score (nSPS) is 22.9. The highest BCUT2D eigenvalue weighted by atomic mass is 16.7. The molecule has 5 rings (SSSR count). The van der Waals surface area contributed by atoms with E-state index in [2.05, 4.69) is 46.8 Å². The molecule has 4 amide bonds. The highest BCUT2D eigenvalue weighted by Gasteiger charge is 2.40. The first kappa shape index (κ1) is 28.6. The van der Waals surface area contributed by atoms with E-state index in [0.29, 0.717) is 35.8 Å². The van der Waals surface area contributed by atoms with Crippen LogP contribution in [0.25, 0.3) is 0 Å². The van der Waals surface area contributed by atoms with Crippen LogP contribution in [0.5, 0.6) is 11.5 Å². The number of hydrogen-bond acceptors (Lipinski definition) is 7. The van der Waals surface area contributed by atoms with Crippen LogP contribution in [0.3, 0.4) is 0 Å². The van der Waals surface area contributed by atoms with Crippen molar-refractivity contribution in [1.82, 2.24) is 20.4 Å². The molecule has 1 aliphatic carbocycles. The lowest BCUT2D eigenvalue weighted by Crippen LogP contribution is -2.54. The number of nitrogens with one attached hydrogen (secondary N) is 2. The molecule has 2 unspecified atom stereocenters. The van der Waals surface area contributed by atoms with Gasteiger partial charge in [-0.3, -0.25) is 4.79 Å². The number of urea groups is 2. The van der Waals surface area contributed by atoms with Crippen molar-refractivity contribution in [3.8, 4) is 11.5 Å². The SMILES string of the molecule is CC1=CC(C2CCCN(CCCNC(=O)N3C(=O)NC(CO)=C(C=O)C3c3ccc4c(c3)OCO4)CC2)=CCC=C1. The number of rotatable bonds is 8. The van der Waals surface area contributed by atoms with Crippen LogP contribution < -0.4 is 20.1 Å². The topological polar surface area (TPSA) is 120 Å². The fourth-order valence-electron chi connectivity index (χ4n) is 5.98. The molecule has 4 aliphatic rings. The second-order valence-corrected chi connectivity index (χ2v) is 10.8. The zero-order valence-corrected chi connectivity index (χ0v) is 23.4. The van der Waals surface area contributed by atoms with Crippen LogP contribution in [-0.4, -0.2) is 72.8 Å². The second kappa shape index (κ2) is 13.2. The van der Waals surface area contributed by atoms with Gasteiger partial charge in [0.2, 0.25) is 6.79 Å². The molecular weight excluding hydrogens is 524 g/mol. The molecular formula is C31H38N4O6. The highest BCUT2D eigenvalue weighted by Crippen LogP contribution is 2.39. The maximum absolute atomic E-state index is 13.3. The number of ether oxygens (including phenoxy) is 2. The first-order valence-corrected chi connectivity index (χ1v) is 14.3. The summed E-state index contributed by atoms with van der Waals surface area (Å²) < 4.78 is 10.8. The average Bonchev–Trinajstić information content (AvgIpc) is 3.17. The standard InChI is InChI=1S/C31H38N4O6/c1-21-6-2-3-7-23(16-21)22-8-4-13-34(15-11-22)14-5-12-32-30(38)35-29(25(18-36)26(19-37)33-31(35)39)24-9-10-27-28(17-24)41-20-40-27/h2,6-7,9-10,16-18,22,29,37H,3-5,8,11-15,19-20H2,1H3,(H,32,38)(H,33,39). The number of amides is 4. The Morgan fingerprint density at radius 3 is 2.90 bits per heavy atom. The molecule has 1 fully saturated rings. The summed E-state index contributed by atoms with van der Waals surface area (Å²) in [5.41, 5.74) is 3.42. The third-order valence-corrected chi connectivity index (χ3v) is 8.08. The van der Waals surface area contributed by atoms with Crippen LogP contribution in [0.15, 0.2) is 64.9 Å². The van der Waals surface area contributed by atoms with Crippen molar-refractivity contribution in [2.75, 3.05) is 39.6 Å². The van der Waals surface area contributed by atoms with E-state index in [1.54, 1.807) is 18.2 Å². The van der Waals surface area contributed by atoms with Crippen molar-refractivity contribution < 1.29 is 29.0 Å². The van der Waals surface area contributed by atoms with Crippen molar-refractivity contribution >= 4 is 18.3 Å². The fourth-order valence-corrected chi connectivity index (χ4v) is 5.98. The highest BCUT2D eigenvalue weighted by molar-refractivity contribution is 5.99. The van der Waals surface area contributed by atoms with E-state index in [9.17, 15) is 19.5 Å². The number of aldehydes is 1. The average molecular weight is 563 g/mol. The molecule has 3 heterocycles. The largest absolute Gasteiger partial charge is 0.454 e. The summed E-state index contributed by atoms with van der Waals surface area (Å²) in [6.45, 7) is 4.93. The van der Waals surface area contributed by atoms with Crippen molar-refractivity contribution in [3.63, 3.8) is 0 Å². The van der Waals surface area contributed by atoms with Gasteiger partial charge < -0.3 is 30.1 Å². The maximum Gasteiger partial charge on any atom is 0.330 e. The molecule has 0 spiro atoms. The van der Waals surface area contributed by atoms with Crippen LogP contribution in [0.1, 0.15) is 50.6 Å². The third kappa shape index (κ3) is 6.55. The number of benzene rings is 1. The van der Waals surface area contributed by atoms with E-state index in [1.165, 1.54) is 17.6 Å². The monoisotopic (exact) mass is 562 g/mol. The molecule has 0 bridgehead atoms. The minimum atomic E-state index is -1.02. The lowest BCUT2D eigenvalue weighted by molar-refractivity contribution is -0.105. The van der Waals surface area contributed by atoms with Gasteiger partial charge in [0.1, 0.15) is 6.29 Å². The van der Waals surface area contributed by atoms with E-state index in [0.717, 1.165) is 50.2 Å². The summed E-state index contributed by atoms with van der Waals surface area (Å²) in [4.78, 5) is 41.9. The Morgan fingerprint density at radius 1 is 1.22 bits per heavy atom. The van der Waals surface area contributed by atoms with Crippen molar-refractivity contribution in [1.29, 1.82) is 0 Å². The third-order valence-electron chi connectivity index (χ3n) is 8.08. The minimum absolute atomic E-state index is 0.0656. The number of allylic oxidation sites excluding steroid dienone is 6. The van der Waals surface area contributed by atoms with E-state index >= 15 is 0 Å². The van der Waals surface area contributed by atoms with Gasteiger partial charge in [-0.05, 0) is 87.8 Å². The summed E-state index contributed by atoms with van der Waals surface area (Å²) in [5.74, 6) is 1.57. The van der Waals surface area contributed by atoms with Crippen LogP contribution in [-0.2, 0) is 4.79 Å². The van der Waals surface area contributed by atoms with Gasteiger partial charge >= 0.3 is 12.1 Å². The second-order valence-electron chi connectivity index (χ2n) is 10.8. The Hall–Kier alpha value is -3.89. The number of aliphatic hydroxyl groups excluding tert-OH is 1. The summed E-state index contributed by atoms with van der Waals surface area (Å²) in [7, 11) is 0. The van der Waals surface area contributed by atoms with E-state index in [-0.39, 0.29) is 18.1 Å². The predicted octanol–water partition coefficient (Wildman–Crippen LogP) is 3.96. The van der Waals surface area contributed by atoms with Gasteiger partial charge in [-0.15, -0.1) is 0 Å². The van der Waals surface area contributed by atoms with Gasteiger partial charge in [0.15, 0.2) is 11.5 Å². The fraction of sp³-hybridized carbons (Fsp3) is 0.452. The van der Waals surface area contributed by atoms with E-state index < -0.39 is 24.7 Å². The molecule has 3 N–H and O–H groups in total. The molecule has 0 radical (unpaired) electrons. The molecule has 218 valence electrons. The summed E-state index contributed by atoms with van der Waals surface area (Å²) in [5, 5.41) is 15.1. The molecule has 0 saturated carbocycles. The van der Waals surface area contributed by atoms with Crippen LogP contribution in [0.4, 0.5) is 9.59 Å². The van der Waals surface area contributed by atoms with Gasteiger partial charge in [0.05, 0.1) is 18.3 Å². The Morgan fingerprint density at radius 2 is 2.07 bits per heavy atom. The quantitative estimate of drug-likeness (QED) is 0.324. The number of carbonyl (C=O) groups is 3. The number of carbonyl (C=O) groups excluding carboxylic acids is 3. The van der Waals surface area contributed by atoms with Crippen molar-refractivity contribution in [2.24, 2.45) is 5.92 Å². The number of imide groups is 1. The molecule has 0 aromatic heterocycles. The maximum atomic E-state index is 13.3. The first-order chi connectivity index (χ1) is 20.0. The lowest BCUT2D eigenvalue weighted by Gasteiger charge is -2.36. The number of likely N-dealkylation sites (tertiary alicyclic amines) is 1. The molecule has 1 saturated heterocycles. The minimum Gasteiger partial charge on any atom is -0.454 e. The predicted molar refractivity (Wildman–Crippen MR) is 153 cm³/mol. The van der Waals surface area contributed by atoms with Crippen LogP contribution in [0.2, 0.25) is 0 Å². The Labute approximate surface area is 240 Å². The Kier molecular flexibility index (Phi) is 9.21. The smallest absolute Gasteiger partial charge is 0.330 e.